The van der Waals surface area contributed by atoms with Gasteiger partial charge >= 0.3 is 0 Å². The summed E-state index contributed by atoms with van der Waals surface area (Å²) in [4.78, 5) is 0. The van der Waals surface area contributed by atoms with E-state index in [2.05, 4.69) is 5.10 Å². The molecular weight excluding hydrogens is 228 g/mol. The van der Waals surface area contributed by atoms with Crippen LogP contribution in [0.1, 0.15) is 12.8 Å². The molecule has 1 aromatic heterocycles. The Balaban J connectivity index is 1.80. The molecule has 0 spiro atoms. The zero-order valence-corrected chi connectivity index (χ0v) is 9.86. The van der Waals surface area contributed by atoms with Crippen LogP contribution in [0.2, 0.25) is 0 Å². The maximum absolute atomic E-state index is 11.5. The summed E-state index contributed by atoms with van der Waals surface area (Å²) < 4.78 is 26.3. The highest BCUT2D eigenvalue weighted by Gasteiger charge is 2.27. The molecule has 1 saturated heterocycles. The van der Waals surface area contributed by atoms with Crippen molar-refractivity contribution in [2.24, 2.45) is 0 Å². The molecule has 0 radical (unpaired) electrons. The van der Waals surface area contributed by atoms with E-state index in [1.807, 2.05) is 0 Å². The van der Waals surface area contributed by atoms with Crippen molar-refractivity contribution in [3.8, 4) is 0 Å². The van der Waals surface area contributed by atoms with Crippen molar-refractivity contribution in [1.29, 1.82) is 0 Å². The Bertz CT molecular complexity index is 454. The van der Waals surface area contributed by atoms with Gasteiger partial charge in [-0.1, -0.05) is 0 Å². The highest BCUT2D eigenvalue weighted by Crippen LogP contribution is 2.13. The molecule has 0 bridgehead atoms. The van der Waals surface area contributed by atoms with E-state index in [0.29, 0.717) is 31.2 Å². The molecule has 1 aliphatic rings. The summed E-state index contributed by atoms with van der Waals surface area (Å²) in [6.07, 6.45) is 3.31. The van der Waals surface area contributed by atoms with E-state index < -0.39 is 10.0 Å². The smallest absolute Gasteiger partial charge is 0.214 e. The van der Waals surface area contributed by atoms with Crippen LogP contribution < -0.4 is 5.73 Å². The van der Waals surface area contributed by atoms with Gasteiger partial charge in [0.25, 0.3) is 0 Å². The van der Waals surface area contributed by atoms with E-state index in [-0.39, 0.29) is 0 Å². The predicted octanol–water partition coefficient (Wildman–Crippen LogP) is -0.109. The lowest BCUT2D eigenvalue weighted by atomic mass is 10.4. The molecule has 1 aromatic rings. The quantitative estimate of drug-likeness (QED) is 0.801. The Morgan fingerprint density at radius 3 is 2.81 bits per heavy atom. The number of aryl methyl sites for hydroxylation is 1. The van der Waals surface area contributed by atoms with E-state index in [4.69, 9.17) is 5.73 Å². The van der Waals surface area contributed by atoms with Gasteiger partial charge in [-0.15, -0.1) is 0 Å². The SMILES string of the molecule is Nc1ccn(CCCN2CCCS2(=O)=O)n1. The summed E-state index contributed by atoms with van der Waals surface area (Å²) in [5.74, 6) is 0.788. The predicted molar refractivity (Wildman–Crippen MR) is 61.2 cm³/mol. The van der Waals surface area contributed by atoms with Gasteiger partial charge in [-0.2, -0.15) is 5.10 Å². The molecule has 0 unspecified atom stereocenters. The van der Waals surface area contributed by atoms with Gasteiger partial charge in [-0.25, -0.2) is 12.7 Å². The number of sulfonamides is 1. The first-order valence-electron chi connectivity index (χ1n) is 5.35. The largest absolute Gasteiger partial charge is 0.382 e. The van der Waals surface area contributed by atoms with Gasteiger partial charge < -0.3 is 5.73 Å². The van der Waals surface area contributed by atoms with Crippen LogP contribution in [0.15, 0.2) is 12.3 Å². The van der Waals surface area contributed by atoms with Crippen LogP contribution >= 0.6 is 0 Å². The van der Waals surface area contributed by atoms with Crippen LogP contribution in [-0.2, 0) is 16.6 Å². The molecule has 6 nitrogen and oxygen atoms in total. The lowest BCUT2D eigenvalue weighted by molar-refractivity contribution is 0.415. The second kappa shape index (κ2) is 4.42. The Hall–Kier alpha value is -1.08. The summed E-state index contributed by atoms with van der Waals surface area (Å²) in [6.45, 7) is 1.93. The fourth-order valence-corrected chi connectivity index (χ4v) is 3.42. The molecule has 1 fully saturated rings. The van der Waals surface area contributed by atoms with Gasteiger partial charge in [0, 0.05) is 25.8 Å². The van der Waals surface area contributed by atoms with Gasteiger partial charge in [0.2, 0.25) is 10.0 Å². The van der Waals surface area contributed by atoms with E-state index in [1.165, 1.54) is 0 Å². The number of aromatic nitrogens is 2. The highest BCUT2D eigenvalue weighted by molar-refractivity contribution is 7.89. The molecular formula is C9H16N4O2S. The molecule has 90 valence electrons. The fourth-order valence-electron chi connectivity index (χ4n) is 1.85. The number of nitrogens with two attached hydrogens (primary N) is 1. The molecule has 2 heterocycles. The average Bonchev–Trinajstić information content (AvgIpc) is 2.74. The van der Waals surface area contributed by atoms with E-state index in [9.17, 15) is 8.42 Å². The number of nitrogen functional groups attached to an aromatic ring is 1. The Morgan fingerprint density at radius 2 is 2.25 bits per heavy atom. The maximum atomic E-state index is 11.5. The molecule has 0 atom stereocenters. The molecule has 0 aromatic carbocycles. The third kappa shape index (κ3) is 2.53. The molecule has 0 aliphatic carbocycles. The van der Waals surface area contributed by atoms with Crippen molar-refractivity contribution in [2.75, 3.05) is 24.6 Å². The number of anilines is 1. The zero-order valence-electron chi connectivity index (χ0n) is 9.04. The minimum absolute atomic E-state index is 0.293. The van der Waals surface area contributed by atoms with Crippen LogP contribution in [0.25, 0.3) is 0 Å². The normalized spacial score (nSPS) is 20.2. The Kier molecular flexibility index (Phi) is 3.15. The molecule has 2 N–H and O–H groups in total. The summed E-state index contributed by atoms with van der Waals surface area (Å²) in [5.41, 5.74) is 5.48. The second-order valence-electron chi connectivity index (χ2n) is 3.93. The van der Waals surface area contributed by atoms with Gasteiger partial charge in [0.1, 0.15) is 5.82 Å². The first-order chi connectivity index (χ1) is 7.58. The van der Waals surface area contributed by atoms with Crippen molar-refractivity contribution < 1.29 is 8.42 Å². The minimum atomic E-state index is -2.96. The molecule has 0 amide bonds. The fraction of sp³-hybridized carbons (Fsp3) is 0.667. The van der Waals surface area contributed by atoms with Crippen molar-refractivity contribution in [1.82, 2.24) is 14.1 Å². The third-order valence-corrected chi connectivity index (χ3v) is 4.62. The van der Waals surface area contributed by atoms with Crippen LogP contribution in [0.5, 0.6) is 0 Å². The van der Waals surface area contributed by atoms with Gasteiger partial charge in [0.05, 0.1) is 5.75 Å². The zero-order chi connectivity index (χ0) is 11.6. The average molecular weight is 244 g/mol. The van der Waals surface area contributed by atoms with Crippen molar-refractivity contribution in [2.45, 2.75) is 19.4 Å². The number of rotatable bonds is 4. The number of hydrogen-bond donors (Lipinski definition) is 1. The summed E-state index contributed by atoms with van der Waals surface area (Å²) in [6, 6.07) is 1.73. The van der Waals surface area contributed by atoms with E-state index in [1.54, 1.807) is 21.3 Å². The standard InChI is InChI=1S/C9H16N4O2S/c10-9-3-7-12(11-9)4-1-5-13-6-2-8-16(13,14)15/h3,7H,1-2,4-6,8H2,(H2,10,11). The topological polar surface area (TPSA) is 81.2 Å². The second-order valence-corrected chi connectivity index (χ2v) is 6.01. The first kappa shape index (κ1) is 11.4. The molecule has 0 saturated carbocycles. The van der Waals surface area contributed by atoms with Crippen LogP contribution in [0.3, 0.4) is 0 Å². The van der Waals surface area contributed by atoms with Gasteiger partial charge in [0.15, 0.2) is 0 Å². The lowest BCUT2D eigenvalue weighted by Gasteiger charge is -2.13. The molecule has 7 heteroatoms. The lowest BCUT2D eigenvalue weighted by Crippen LogP contribution is -2.27. The van der Waals surface area contributed by atoms with E-state index >= 15 is 0 Å². The van der Waals surface area contributed by atoms with Crippen LogP contribution in [0.4, 0.5) is 5.82 Å². The van der Waals surface area contributed by atoms with Crippen molar-refractivity contribution in [3.05, 3.63) is 12.3 Å². The first-order valence-corrected chi connectivity index (χ1v) is 6.95. The summed E-state index contributed by atoms with van der Waals surface area (Å²) in [7, 11) is -2.96. The van der Waals surface area contributed by atoms with Crippen molar-refractivity contribution >= 4 is 15.8 Å². The molecule has 1 aliphatic heterocycles. The van der Waals surface area contributed by atoms with Crippen LogP contribution in [-0.4, -0.2) is 41.3 Å². The molecule has 2 rings (SSSR count). The minimum Gasteiger partial charge on any atom is -0.382 e. The monoisotopic (exact) mass is 244 g/mol. The van der Waals surface area contributed by atoms with Gasteiger partial charge in [-0.05, 0) is 18.9 Å². The van der Waals surface area contributed by atoms with Crippen LogP contribution in [0, 0.1) is 0 Å². The number of hydrogen-bond acceptors (Lipinski definition) is 4. The Morgan fingerprint density at radius 1 is 1.44 bits per heavy atom. The highest BCUT2D eigenvalue weighted by atomic mass is 32.2. The number of nitrogens with zero attached hydrogens (tertiary/aromatic N) is 3. The molecule has 16 heavy (non-hydrogen) atoms. The van der Waals surface area contributed by atoms with Gasteiger partial charge in [-0.3, -0.25) is 4.68 Å². The maximum Gasteiger partial charge on any atom is 0.214 e. The Labute approximate surface area is 95.1 Å². The van der Waals surface area contributed by atoms with Crippen molar-refractivity contribution in [3.63, 3.8) is 0 Å². The summed E-state index contributed by atoms with van der Waals surface area (Å²) >= 11 is 0. The summed E-state index contributed by atoms with van der Waals surface area (Å²) in [5, 5.41) is 4.04. The van der Waals surface area contributed by atoms with E-state index in [0.717, 1.165) is 12.8 Å². The third-order valence-electron chi connectivity index (χ3n) is 2.66.